The van der Waals surface area contributed by atoms with Crippen LogP contribution in [0.4, 0.5) is 0 Å². The van der Waals surface area contributed by atoms with Crippen LogP contribution in [0.5, 0.6) is 5.75 Å². The number of rotatable bonds is 23. The molecule has 0 saturated carbocycles. The Bertz CT molecular complexity index is 1710. The van der Waals surface area contributed by atoms with Crippen molar-refractivity contribution in [2.24, 2.45) is 0 Å². The molecule has 0 spiro atoms. The van der Waals surface area contributed by atoms with Crippen molar-refractivity contribution in [3.63, 3.8) is 0 Å². The van der Waals surface area contributed by atoms with Gasteiger partial charge in [0.05, 0.1) is 31.1 Å². The Hall–Kier alpha value is -5.96. The molecule has 0 aliphatic carbocycles. The lowest BCUT2D eigenvalue weighted by Crippen LogP contribution is -2.39. The van der Waals surface area contributed by atoms with Gasteiger partial charge in [-0.15, -0.1) is 0 Å². The molecular weight excluding hydrogens is 732 g/mol. The number of hydrogen-bond acceptors (Lipinski definition) is 13. The summed E-state index contributed by atoms with van der Waals surface area (Å²) in [5, 5.41) is 46.3. The quantitative estimate of drug-likeness (QED) is 0.0269. The van der Waals surface area contributed by atoms with Gasteiger partial charge in [0.1, 0.15) is 53.7 Å². The van der Waals surface area contributed by atoms with E-state index in [1.807, 2.05) is 4.90 Å². The van der Waals surface area contributed by atoms with Crippen molar-refractivity contribution in [1.82, 2.24) is 33.8 Å². The molecule has 0 unspecified atom stereocenters. The van der Waals surface area contributed by atoms with E-state index < -0.39 is 35.3 Å². The van der Waals surface area contributed by atoms with Gasteiger partial charge in [-0.25, -0.2) is 9.97 Å². The van der Waals surface area contributed by atoms with Gasteiger partial charge < -0.3 is 44.1 Å². The second-order valence-corrected chi connectivity index (χ2v) is 12.2. The van der Waals surface area contributed by atoms with E-state index in [1.165, 1.54) is 23.4 Å². The third-order valence-electron chi connectivity index (χ3n) is 7.37. The zero-order chi connectivity index (χ0) is 40.0. The summed E-state index contributed by atoms with van der Waals surface area (Å²) in [6.45, 7) is 3.01. The summed E-state index contributed by atoms with van der Waals surface area (Å²) >= 11 is 0.496. The molecule has 0 bridgehead atoms. The van der Waals surface area contributed by atoms with E-state index in [4.69, 9.17) is 14.6 Å². The number of nitrogens with zero attached hydrogens (tertiary/aromatic N) is 8. The molecule has 0 fully saturated rings. The number of benzene rings is 1. The summed E-state index contributed by atoms with van der Waals surface area (Å²) < 4.78 is 8.58. The fraction of sp³-hybridized carbons (Fsp3) is 0.424. The van der Waals surface area contributed by atoms with Crippen LogP contribution in [0.25, 0.3) is 0 Å². The highest BCUT2D eigenvalue weighted by Crippen LogP contribution is 2.21. The number of allylic oxidation sites excluding steroid dienone is 1. The Kier molecular flexibility index (Phi) is 19.3. The summed E-state index contributed by atoms with van der Waals surface area (Å²) in [6, 6.07) is 6.46. The number of carbonyl (C=O) groups is 5. The third kappa shape index (κ3) is 16.2. The lowest BCUT2D eigenvalue weighted by atomic mass is 10.3. The van der Waals surface area contributed by atoms with Crippen molar-refractivity contribution in [3.05, 3.63) is 82.7 Å². The number of carboxylic acid groups (broad SMARTS) is 3. The molecule has 294 valence electrons. The number of aliphatic carboxylic acids is 2. The molecule has 0 aliphatic heterocycles. The normalized spacial score (nSPS) is 11.0. The predicted octanol–water partition coefficient (Wildman–Crippen LogP) is 2.23. The lowest BCUT2D eigenvalue weighted by molar-refractivity contribution is -0.284. The second kappa shape index (κ2) is 23.6. The highest BCUT2D eigenvalue weighted by Gasteiger charge is 2.22. The zero-order valence-electron chi connectivity index (χ0n) is 29.8. The van der Waals surface area contributed by atoms with Gasteiger partial charge in [0.15, 0.2) is 0 Å². The first-order chi connectivity index (χ1) is 25.8. The number of aromatic nitrogens is 4. The van der Waals surface area contributed by atoms with Gasteiger partial charge >= 0.3 is 11.9 Å². The van der Waals surface area contributed by atoms with Crippen molar-refractivity contribution in [3.8, 4) is 5.75 Å². The highest BCUT2D eigenvalue weighted by molar-refractivity contribution is 7.93. The standard InChI is InChI=1S/C32H42N8O10S.CH2O2/c1-3-6-24(41)17-39(23-32(46)47)30(43)21-38-15-12-34-28(38)19-35(13-5-16-50-25-7-9-26(10-8-25)51-40(48)49)18-27-33-11-14-37(27)20-29(42)36(4-2)22-31(44)45;2-1-3/h6-12,14-15,41H,3-5,13,16-23H2,1-2H3,(H,44,45)(H,46,47);1H,(H,2,3)/b24-6-;. The van der Waals surface area contributed by atoms with Gasteiger partial charge in [-0.3, -0.25) is 39.0 Å². The number of ether oxygens (including phenoxy) is 1. The van der Waals surface area contributed by atoms with E-state index in [0.29, 0.717) is 53.6 Å². The van der Waals surface area contributed by atoms with Crippen molar-refractivity contribution >= 4 is 42.2 Å². The molecule has 2 aromatic heterocycles. The van der Waals surface area contributed by atoms with Gasteiger partial charge in [-0.2, -0.15) is 0 Å². The van der Waals surface area contributed by atoms with E-state index in [2.05, 4.69) is 9.97 Å². The molecule has 0 aliphatic rings. The van der Waals surface area contributed by atoms with E-state index >= 15 is 0 Å². The van der Waals surface area contributed by atoms with Crippen LogP contribution in [0.1, 0.15) is 38.3 Å². The number of carbonyl (C=O) groups excluding carboxylic acids is 2. The Morgan fingerprint density at radius 3 is 1.89 bits per heavy atom. The molecule has 0 saturated heterocycles. The SMILES string of the molecule is CC/C=C(\O)CN(CC(=O)O)C(=O)Cn1ccnc1CN(CCCOc1ccc(S[N+](=O)[O-])cc1)Cc1nccn1CC(=O)N(CC)CC(=O)O.O=CO. The topological polar surface area (TPSA) is 264 Å². The fourth-order valence-corrected chi connectivity index (χ4v) is 5.40. The van der Waals surface area contributed by atoms with E-state index in [-0.39, 0.29) is 64.0 Å². The largest absolute Gasteiger partial charge is 0.511 e. The predicted molar refractivity (Wildman–Crippen MR) is 192 cm³/mol. The molecular formula is C33H44N8O12S. The number of nitro groups is 1. The molecule has 21 heteroatoms. The molecule has 2 heterocycles. The Morgan fingerprint density at radius 2 is 1.41 bits per heavy atom. The average Bonchev–Trinajstić information content (AvgIpc) is 3.74. The Labute approximate surface area is 314 Å². The van der Waals surface area contributed by atoms with Gasteiger partial charge in [0.2, 0.25) is 11.8 Å². The van der Waals surface area contributed by atoms with Crippen LogP contribution >= 0.6 is 11.9 Å². The number of aliphatic hydroxyl groups excluding tert-OH is 1. The van der Waals surface area contributed by atoms with Crippen LogP contribution in [0, 0.1) is 10.1 Å². The molecule has 0 radical (unpaired) electrons. The first-order valence-electron chi connectivity index (χ1n) is 16.5. The third-order valence-corrected chi connectivity index (χ3v) is 8.00. The highest BCUT2D eigenvalue weighted by atomic mass is 32.2. The van der Waals surface area contributed by atoms with Gasteiger partial charge in [0, 0.05) is 37.9 Å². The van der Waals surface area contributed by atoms with Crippen LogP contribution in [-0.2, 0) is 50.2 Å². The van der Waals surface area contributed by atoms with Crippen molar-refractivity contribution in [1.29, 1.82) is 0 Å². The molecule has 3 rings (SSSR count). The maximum Gasteiger partial charge on any atom is 0.323 e. The Balaban J connectivity index is 0.00000325. The number of hydrogen-bond donors (Lipinski definition) is 4. The summed E-state index contributed by atoms with van der Waals surface area (Å²) in [5.41, 5.74) is 0. The van der Waals surface area contributed by atoms with Crippen LogP contribution in [0.3, 0.4) is 0 Å². The minimum Gasteiger partial charge on any atom is -0.511 e. The number of carboxylic acids is 2. The summed E-state index contributed by atoms with van der Waals surface area (Å²) in [4.78, 5) is 81.5. The van der Waals surface area contributed by atoms with Crippen LogP contribution < -0.4 is 4.74 Å². The summed E-state index contributed by atoms with van der Waals surface area (Å²) in [7, 11) is 0. The maximum atomic E-state index is 13.2. The molecule has 0 atom stereocenters. The minimum atomic E-state index is -1.22. The number of amides is 2. The molecule has 54 heavy (non-hydrogen) atoms. The maximum absolute atomic E-state index is 13.2. The first-order valence-corrected chi connectivity index (χ1v) is 17.3. The summed E-state index contributed by atoms with van der Waals surface area (Å²) in [6.07, 6.45) is 8.80. The van der Waals surface area contributed by atoms with Crippen LogP contribution in [0.15, 0.2) is 65.8 Å². The molecule has 20 nitrogen and oxygen atoms in total. The van der Waals surface area contributed by atoms with Crippen molar-refractivity contribution in [2.45, 2.75) is 57.8 Å². The number of likely N-dealkylation sites (N-methyl/N-ethyl adjacent to an activating group) is 1. The van der Waals surface area contributed by atoms with Gasteiger partial charge in [-0.05, 0) is 50.1 Å². The van der Waals surface area contributed by atoms with Crippen molar-refractivity contribution in [2.75, 3.05) is 39.3 Å². The van der Waals surface area contributed by atoms with E-state index in [9.17, 15) is 44.6 Å². The smallest absolute Gasteiger partial charge is 0.323 e. The Morgan fingerprint density at radius 1 is 0.889 bits per heavy atom. The molecule has 3 aromatic rings. The average molecular weight is 777 g/mol. The molecule has 4 N–H and O–H groups in total. The first kappa shape index (κ1) is 44.2. The lowest BCUT2D eigenvalue weighted by Gasteiger charge is -2.24. The van der Waals surface area contributed by atoms with Gasteiger partial charge in [0.25, 0.3) is 18.4 Å². The zero-order valence-corrected chi connectivity index (χ0v) is 30.6. The fourth-order valence-electron chi connectivity index (χ4n) is 4.97. The summed E-state index contributed by atoms with van der Waals surface area (Å²) in [5.74, 6) is -1.84. The van der Waals surface area contributed by atoms with Crippen LogP contribution in [0.2, 0.25) is 0 Å². The van der Waals surface area contributed by atoms with E-state index in [1.54, 1.807) is 59.6 Å². The second-order valence-electron chi connectivity index (χ2n) is 11.3. The van der Waals surface area contributed by atoms with E-state index in [0.717, 1.165) is 4.90 Å². The van der Waals surface area contributed by atoms with Gasteiger partial charge in [-0.1, -0.05) is 6.92 Å². The van der Waals surface area contributed by atoms with Crippen LogP contribution in [-0.4, -0.2) is 128 Å². The molecule has 2 amide bonds. The number of aliphatic hydroxyl groups is 1. The molecule has 1 aromatic carbocycles. The monoisotopic (exact) mass is 776 g/mol. The van der Waals surface area contributed by atoms with Crippen molar-refractivity contribution < 1.29 is 53.5 Å². The number of imidazole rings is 2. The minimum absolute atomic E-state index is 0.114.